The molecule has 106 valence electrons. The SMILES string of the molecule is O=C(O)Cc1cnn(-c2ccc(Cl)cc2)c1C(F)(F)F. The third kappa shape index (κ3) is 2.93. The molecule has 8 heteroatoms. The molecule has 0 aliphatic carbocycles. The van der Waals surface area contributed by atoms with E-state index in [1.807, 2.05) is 0 Å². The lowest BCUT2D eigenvalue weighted by Crippen LogP contribution is -2.16. The van der Waals surface area contributed by atoms with Crippen LogP contribution in [-0.2, 0) is 17.4 Å². The van der Waals surface area contributed by atoms with Crippen molar-refractivity contribution in [3.05, 3.63) is 46.7 Å². The van der Waals surface area contributed by atoms with Crippen molar-refractivity contribution in [2.75, 3.05) is 0 Å². The molecule has 2 aromatic rings. The maximum Gasteiger partial charge on any atom is 0.433 e. The standard InChI is InChI=1S/C12H8ClF3N2O2/c13-8-1-3-9(4-2-8)18-11(12(14,15)16)7(6-17-18)5-10(19)20/h1-4,6H,5H2,(H,19,20). The number of halogens is 4. The van der Waals surface area contributed by atoms with Crippen molar-refractivity contribution in [1.82, 2.24) is 9.78 Å². The smallest absolute Gasteiger partial charge is 0.433 e. The number of rotatable bonds is 3. The first kappa shape index (κ1) is 14.4. The van der Waals surface area contributed by atoms with E-state index in [-0.39, 0.29) is 11.3 Å². The summed E-state index contributed by atoms with van der Waals surface area (Å²) in [5, 5.41) is 12.7. The van der Waals surface area contributed by atoms with Crippen molar-refractivity contribution in [1.29, 1.82) is 0 Å². The minimum absolute atomic E-state index is 0.151. The van der Waals surface area contributed by atoms with Gasteiger partial charge < -0.3 is 5.11 Å². The maximum atomic E-state index is 13.1. The van der Waals surface area contributed by atoms with Gasteiger partial charge in [0.25, 0.3) is 0 Å². The molecule has 1 aromatic heterocycles. The molecule has 0 saturated carbocycles. The minimum Gasteiger partial charge on any atom is -0.481 e. The van der Waals surface area contributed by atoms with Crippen LogP contribution in [0.2, 0.25) is 5.02 Å². The van der Waals surface area contributed by atoms with Crippen LogP contribution in [0.4, 0.5) is 13.2 Å². The van der Waals surface area contributed by atoms with Gasteiger partial charge in [0, 0.05) is 10.6 Å². The molecule has 0 saturated heterocycles. The summed E-state index contributed by atoms with van der Waals surface area (Å²) >= 11 is 5.67. The molecule has 20 heavy (non-hydrogen) atoms. The number of hydrogen-bond donors (Lipinski definition) is 1. The van der Waals surface area contributed by atoms with Crippen LogP contribution in [0.25, 0.3) is 5.69 Å². The van der Waals surface area contributed by atoms with E-state index >= 15 is 0 Å². The second kappa shape index (κ2) is 5.16. The van der Waals surface area contributed by atoms with Crippen molar-refractivity contribution in [2.45, 2.75) is 12.6 Å². The first-order valence-corrected chi connectivity index (χ1v) is 5.78. The predicted octanol–water partition coefficient (Wildman–Crippen LogP) is 3.17. The molecule has 0 atom stereocenters. The maximum absolute atomic E-state index is 13.1. The lowest BCUT2D eigenvalue weighted by Gasteiger charge is -2.12. The van der Waals surface area contributed by atoms with Gasteiger partial charge in [-0.15, -0.1) is 0 Å². The van der Waals surface area contributed by atoms with E-state index in [2.05, 4.69) is 5.10 Å². The largest absolute Gasteiger partial charge is 0.481 e. The average molecular weight is 305 g/mol. The van der Waals surface area contributed by atoms with Crippen LogP contribution in [0.5, 0.6) is 0 Å². The zero-order valence-corrected chi connectivity index (χ0v) is 10.6. The van der Waals surface area contributed by atoms with Gasteiger partial charge in [-0.25, -0.2) is 4.68 Å². The van der Waals surface area contributed by atoms with E-state index < -0.39 is 24.3 Å². The minimum atomic E-state index is -4.71. The topological polar surface area (TPSA) is 55.1 Å². The first-order chi connectivity index (χ1) is 9.29. The molecule has 1 aromatic carbocycles. The molecule has 0 bridgehead atoms. The second-order valence-electron chi connectivity index (χ2n) is 3.97. The van der Waals surface area contributed by atoms with Crippen molar-refractivity contribution < 1.29 is 23.1 Å². The molecule has 1 heterocycles. The van der Waals surface area contributed by atoms with Gasteiger partial charge >= 0.3 is 12.1 Å². The van der Waals surface area contributed by atoms with E-state index in [1.54, 1.807) is 0 Å². The van der Waals surface area contributed by atoms with Gasteiger partial charge in [-0.2, -0.15) is 18.3 Å². The summed E-state index contributed by atoms with van der Waals surface area (Å²) in [5.41, 5.74) is -1.33. The molecular weight excluding hydrogens is 297 g/mol. The first-order valence-electron chi connectivity index (χ1n) is 5.41. The summed E-state index contributed by atoms with van der Waals surface area (Å²) in [6.07, 6.45) is -4.55. The number of carboxylic acids is 1. The number of carboxylic acid groups (broad SMARTS) is 1. The van der Waals surface area contributed by atoms with Gasteiger partial charge in [0.2, 0.25) is 0 Å². The summed E-state index contributed by atoms with van der Waals surface area (Å²) in [4.78, 5) is 10.6. The fourth-order valence-electron chi connectivity index (χ4n) is 1.75. The zero-order valence-electron chi connectivity index (χ0n) is 9.86. The number of nitrogens with zero attached hydrogens (tertiary/aromatic N) is 2. The third-order valence-corrected chi connectivity index (χ3v) is 2.78. The molecule has 0 unspecified atom stereocenters. The Morgan fingerprint density at radius 3 is 2.40 bits per heavy atom. The average Bonchev–Trinajstić information content (AvgIpc) is 2.72. The highest BCUT2D eigenvalue weighted by molar-refractivity contribution is 6.30. The number of benzene rings is 1. The number of alkyl halides is 3. The summed E-state index contributed by atoms with van der Waals surface area (Å²) in [6.45, 7) is 0. The van der Waals surface area contributed by atoms with Gasteiger partial charge in [-0.05, 0) is 24.3 Å². The Balaban J connectivity index is 2.56. The fourth-order valence-corrected chi connectivity index (χ4v) is 1.88. The van der Waals surface area contributed by atoms with Crippen LogP contribution in [0.1, 0.15) is 11.3 Å². The van der Waals surface area contributed by atoms with E-state index in [0.29, 0.717) is 9.70 Å². The Bertz CT molecular complexity index is 635. The monoisotopic (exact) mass is 304 g/mol. The van der Waals surface area contributed by atoms with E-state index in [1.165, 1.54) is 24.3 Å². The zero-order chi connectivity index (χ0) is 14.9. The Kier molecular flexibility index (Phi) is 3.71. The molecule has 4 nitrogen and oxygen atoms in total. The Hall–Kier alpha value is -2.02. The van der Waals surface area contributed by atoms with Gasteiger partial charge in [0.15, 0.2) is 5.69 Å². The normalized spacial score (nSPS) is 11.6. The number of carbonyl (C=O) groups is 1. The molecule has 0 radical (unpaired) electrons. The van der Waals surface area contributed by atoms with Crippen molar-refractivity contribution in [3.8, 4) is 5.69 Å². The molecule has 0 aliphatic heterocycles. The molecule has 2 rings (SSSR count). The number of aliphatic carboxylic acids is 1. The van der Waals surface area contributed by atoms with Crippen LogP contribution < -0.4 is 0 Å². The molecule has 0 fully saturated rings. The highest BCUT2D eigenvalue weighted by Gasteiger charge is 2.38. The highest BCUT2D eigenvalue weighted by Crippen LogP contribution is 2.34. The molecular formula is C12H8ClF3N2O2. The van der Waals surface area contributed by atoms with Crippen LogP contribution in [0.3, 0.4) is 0 Å². The van der Waals surface area contributed by atoms with Crippen molar-refractivity contribution >= 4 is 17.6 Å². The Morgan fingerprint density at radius 2 is 1.90 bits per heavy atom. The summed E-state index contributed by atoms with van der Waals surface area (Å²) < 4.78 is 39.9. The van der Waals surface area contributed by atoms with Crippen LogP contribution in [0.15, 0.2) is 30.5 Å². The Labute approximate surface area is 116 Å². The second-order valence-corrected chi connectivity index (χ2v) is 4.41. The van der Waals surface area contributed by atoms with Gasteiger partial charge in [0.05, 0.1) is 18.3 Å². The lowest BCUT2D eigenvalue weighted by atomic mass is 10.1. The van der Waals surface area contributed by atoms with E-state index in [9.17, 15) is 18.0 Å². The summed E-state index contributed by atoms with van der Waals surface area (Å²) in [5.74, 6) is -1.36. The Morgan fingerprint density at radius 1 is 1.30 bits per heavy atom. The highest BCUT2D eigenvalue weighted by atomic mass is 35.5. The predicted molar refractivity (Wildman–Crippen MR) is 64.9 cm³/mol. The van der Waals surface area contributed by atoms with E-state index in [4.69, 9.17) is 16.7 Å². The molecule has 0 amide bonds. The van der Waals surface area contributed by atoms with Crippen LogP contribution >= 0.6 is 11.6 Å². The quantitative estimate of drug-likeness (QED) is 0.947. The fraction of sp³-hybridized carbons (Fsp3) is 0.167. The van der Waals surface area contributed by atoms with Gasteiger partial charge in [0.1, 0.15) is 0 Å². The van der Waals surface area contributed by atoms with Crippen molar-refractivity contribution in [2.24, 2.45) is 0 Å². The molecule has 1 N–H and O–H groups in total. The third-order valence-electron chi connectivity index (χ3n) is 2.53. The number of hydrogen-bond acceptors (Lipinski definition) is 2. The number of aromatic nitrogens is 2. The summed E-state index contributed by atoms with van der Waals surface area (Å²) in [7, 11) is 0. The van der Waals surface area contributed by atoms with Gasteiger partial charge in [-0.1, -0.05) is 11.6 Å². The van der Waals surface area contributed by atoms with Crippen molar-refractivity contribution in [3.63, 3.8) is 0 Å². The summed E-state index contributed by atoms with van der Waals surface area (Å²) in [6, 6.07) is 5.59. The van der Waals surface area contributed by atoms with Gasteiger partial charge in [-0.3, -0.25) is 4.79 Å². The van der Waals surface area contributed by atoms with Crippen LogP contribution in [0, 0.1) is 0 Å². The molecule has 0 spiro atoms. The lowest BCUT2D eigenvalue weighted by molar-refractivity contribution is -0.144. The van der Waals surface area contributed by atoms with E-state index in [0.717, 1.165) is 6.20 Å². The molecule has 0 aliphatic rings. The van der Waals surface area contributed by atoms with Crippen LogP contribution in [-0.4, -0.2) is 20.9 Å².